The molecule has 1 saturated heterocycles. The van der Waals surface area contributed by atoms with Crippen molar-refractivity contribution in [2.45, 2.75) is 59.6 Å². The normalized spacial score (nSPS) is 18.0. The van der Waals surface area contributed by atoms with E-state index >= 15 is 0 Å². The van der Waals surface area contributed by atoms with Gasteiger partial charge >= 0.3 is 0 Å². The minimum absolute atomic E-state index is 0.0205. The number of piperidine rings is 1. The average molecular weight is 307 g/mol. The van der Waals surface area contributed by atoms with E-state index in [9.17, 15) is 9.90 Å². The summed E-state index contributed by atoms with van der Waals surface area (Å²) in [6, 6.07) is 1.87. The fourth-order valence-electron chi connectivity index (χ4n) is 3.26. The van der Waals surface area contributed by atoms with Crippen molar-refractivity contribution >= 4 is 5.91 Å². The van der Waals surface area contributed by atoms with Crippen LogP contribution >= 0.6 is 0 Å². The number of aromatic nitrogens is 2. The summed E-state index contributed by atoms with van der Waals surface area (Å²) in [5, 5.41) is 14.6. The number of nitrogens with zero attached hydrogens (tertiary/aromatic N) is 3. The highest BCUT2D eigenvalue weighted by molar-refractivity contribution is 5.92. The Morgan fingerprint density at radius 1 is 1.41 bits per heavy atom. The van der Waals surface area contributed by atoms with Crippen LogP contribution in [-0.4, -0.2) is 44.9 Å². The minimum atomic E-state index is -0.237. The van der Waals surface area contributed by atoms with E-state index in [-0.39, 0.29) is 12.0 Å². The van der Waals surface area contributed by atoms with E-state index in [1.807, 2.05) is 29.5 Å². The van der Waals surface area contributed by atoms with Crippen molar-refractivity contribution in [2.24, 2.45) is 11.8 Å². The Kier molecular flexibility index (Phi) is 5.62. The SMILES string of the molecule is CCn1nc(C(=O)N2CCC(C(O)CC(C)C)CC2)cc1C. The maximum atomic E-state index is 12.5. The highest BCUT2D eigenvalue weighted by Crippen LogP contribution is 2.25. The molecule has 1 N–H and O–H groups in total. The first-order valence-corrected chi connectivity index (χ1v) is 8.44. The van der Waals surface area contributed by atoms with Gasteiger partial charge in [-0.1, -0.05) is 13.8 Å². The Bertz CT molecular complexity index is 502. The van der Waals surface area contributed by atoms with Crippen LogP contribution in [0.4, 0.5) is 0 Å². The molecule has 1 unspecified atom stereocenters. The largest absolute Gasteiger partial charge is 0.393 e. The lowest BCUT2D eigenvalue weighted by atomic mass is 9.87. The van der Waals surface area contributed by atoms with Gasteiger partial charge in [-0.15, -0.1) is 0 Å². The Morgan fingerprint density at radius 2 is 2.05 bits per heavy atom. The van der Waals surface area contributed by atoms with Crippen LogP contribution in [0.3, 0.4) is 0 Å². The van der Waals surface area contributed by atoms with E-state index < -0.39 is 0 Å². The monoisotopic (exact) mass is 307 g/mol. The molecule has 0 bridgehead atoms. The van der Waals surface area contributed by atoms with Crippen LogP contribution < -0.4 is 0 Å². The summed E-state index contributed by atoms with van der Waals surface area (Å²) in [5.41, 5.74) is 1.56. The zero-order valence-corrected chi connectivity index (χ0v) is 14.2. The van der Waals surface area contributed by atoms with Crippen LogP contribution in [0.1, 0.15) is 56.2 Å². The number of likely N-dealkylation sites (tertiary alicyclic amines) is 1. The summed E-state index contributed by atoms with van der Waals surface area (Å²) < 4.78 is 1.85. The van der Waals surface area contributed by atoms with Gasteiger partial charge in [0.15, 0.2) is 5.69 Å². The van der Waals surface area contributed by atoms with Gasteiger partial charge in [0.05, 0.1) is 6.10 Å². The molecule has 1 aliphatic rings. The number of aryl methyl sites for hydroxylation is 2. The third-order valence-corrected chi connectivity index (χ3v) is 4.58. The molecule has 5 heteroatoms. The minimum Gasteiger partial charge on any atom is -0.393 e. The molecule has 124 valence electrons. The van der Waals surface area contributed by atoms with Crippen LogP contribution in [0.15, 0.2) is 6.07 Å². The van der Waals surface area contributed by atoms with E-state index in [1.165, 1.54) is 0 Å². The van der Waals surface area contributed by atoms with Crippen LogP contribution in [0.2, 0.25) is 0 Å². The lowest BCUT2D eigenvalue weighted by Gasteiger charge is -2.34. The van der Waals surface area contributed by atoms with Gasteiger partial charge in [0.2, 0.25) is 0 Å². The van der Waals surface area contributed by atoms with Crippen LogP contribution in [0.5, 0.6) is 0 Å². The molecular weight excluding hydrogens is 278 g/mol. The molecule has 2 heterocycles. The summed E-state index contributed by atoms with van der Waals surface area (Å²) in [7, 11) is 0. The smallest absolute Gasteiger partial charge is 0.274 e. The first-order valence-electron chi connectivity index (χ1n) is 8.44. The number of rotatable bonds is 5. The average Bonchev–Trinajstić information content (AvgIpc) is 2.87. The molecule has 1 fully saturated rings. The number of aliphatic hydroxyl groups excluding tert-OH is 1. The molecular formula is C17H29N3O2. The van der Waals surface area contributed by atoms with Gasteiger partial charge in [0, 0.05) is 25.3 Å². The predicted molar refractivity (Wildman–Crippen MR) is 86.7 cm³/mol. The van der Waals surface area contributed by atoms with Gasteiger partial charge in [0.1, 0.15) is 0 Å². The lowest BCUT2D eigenvalue weighted by Crippen LogP contribution is -2.41. The summed E-state index contributed by atoms with van der Waals surface area (Å²) in [6.45, 7) is 10.5. The Morgan fingerprint density at radius 3 is 2.55 bits per heavy atom. The molecule has 0 saturated carbocycles. The maximum Gasteiger partial charge on any atom is 0.274 e. The number of carbonyl (C=O) groups is 1. The molecule has 0 aliphatic carbocycles. The third-order valence-electron chi connectivity index (χ3n) is 4.58. The van der Waals surface area contributed by atoms with E-state index in [2.05, 4.69) is 18.9 Å². The summed E-state index contributed by atoms with van der Waals surface area (Å²) in [6.07, 6.45) is 2.37. The molecule has 0 spiro atoms. The molecule has 1 aliphatic heterocycles. The second-order valence-corrected chi connectivity index (χ2v) is 6.81. The zero-order valence-electron chi connectivity index (χ0n) is 14.2. The number of carbonyl (C=O) groups excluding carboxylic acids is 1. The van der Waals surface area contributed by atoms with Crippen molar-refractivity contribution in [3.63, 3.8) is 0 Å². The van der Waals surface area contributed by atoms with E-state index in [4.69, 9.17) is 0 Å². The first-order chi connectivity index (χ1) is 10.4. The van der Waals surface area contributed by atoms with Gasteiger partial charge in [-0.05, 0) is 51.0 Å². The van der Waals surface area contributed by atoms with Gasteiger partial charge in [-0.25, -0.2) is 0 Å². The molecule has 1 amide bonds. The second kappa shape index (κ2) is 7.27. The first kappa shape index (κ1) is 17.0. The van der Waals surface area contributed by atoms with Gasteiger partial charge < -0.3 is 10.0 Å². The van der Waals surface area contributed by atoms with Crippen molar-refractivity contribution in [2.75, 3.05) is 13.1 Å². The summed E-state index contributed by atoms with van der Waals surface area (Å²) in [5.74, 6) is 0.851. The molecule has 1 aromatic rings. The molecule has 1 atom stereocenters. The lowest BCUT2D eigenvalue weighted by molar-refractivity contribution is 0.0382. The van der Waals surface area contributed by atoms with Crippen molar-refractivity contribution in [1.82, 2.24) is 14.7 Å². The summed E-state index contributed by atoms with van der Waals surface area (Å²) >= 11 is 0. The highest BCUT2D eigenvalue weighted by Gasteiger charge is 2.29. The second-order valence-electron chi connectivity index (χ2n) is 6.81. The van der Waals surface area contributed by atoms with Crippen LogP contribution in [0, 0.1) is 18.8 Å². The molecule has 5 nitrogen and oxygen atoms in total. The summed E-state index contributed by atoms with van der Waals surface area (Å²) in [4.78, 5) is 14.4. The third kappa shape index (κ3) is 3.88. The predicted octanol–water partition coefficient (Wildman–Crippen LogP) is 2.47. The van der Waals surface area contributed by atoms with Gasteiger partial charge in [0.25, 0.3) is 5.91 Å². The fraction of sp³-hybridized carbons (Fsp3) is 0.765. The molecule has 22 heavy (non-hydrogen) atoms. The topological polar surface area (TPSA) is 58.4 Å². The van der Waals surface area contributed by atoms with Crippen LogP contribution in [0.25, 0.3) is 0 Å². The van der Waals surface area contributed by atoms with E-state index in [0.717, 1.165) is 44.6 Å². The van der Waals surface area contributed by atoms with Gasteiger partial charge in [-0.2, -0.15) is 5.10 Å². The standard InChI is InChI=1S/C17H29N3O2/c1-5-20-13(4)11-15(18-20)17(22)19-8-6-14(7-9-19)16(21)10-12(2)3/h11-12,14,16,21H,5-10H2,1-4H3. The number of aliphatic hydroxyl groups is 1. The van der Waals surface area contributed by atoms with E-state index in [0.29, 0.717) is 17.5 Å². The van der Waals surface area contributed by atoms with Crippen molar-refractivity contribution in [1.29, 1.82) is 0 Å². The Labute approximate surface area is 133 Å². The highest BCUT2D eigenvalue weighted by atomic mass is 16.3. The molecule has 2 rings (SSSR count). The number of amides is 1. The molecule has 0 aromatic carbocycles. The number of hydrogen-bond donors (Lipinski definition) is 1. The van der Waals surface area contributed by atoms with Crippen molar-refractivity contribution < 1.29 is 9.90 Å². The Balaban J connectivity index is 1.92. The number of hydrogen-bond acceptors (Lipinski definition) is 3. The Hall–Kier alpha value is -1.36. The zero-order chi connectivity index (χ0) is 16.3. The quantitative estimate of drug-likeness (QED) is 0.909. The van der Waals surface area contributed by atoms with Crippen molar-refractivity contribution in [3.05, 3.63) is 17.5 Å². The van der Waals surface area contributed by atoms with Crippen molar-refractivity contribution in [3.8, 4) is 0 Å². The molecule has 0 radical (unpaired) electrons. The van der Waals surface area contributed by atoms with Crippen LogP contribution in [-0.2, 0) is 6.54 Å². The van der Waals surface area contributed by atoms with E-state index in [1.54, 1.807) is 0 Å². The maximum absolute atomic E-state index is 12.5. The van der Waals surface area contributed by atoms with Gasteiger partial charge in [-0.3, -0.25) is 9.48 Å². The molecule has 1 aromatic heterocycles. The fourth-order valence-corrected chi connectivity index (χ4v) is 3.26.